The van der Waals surface area contributed by atoms with Crippen molar-refractivity contribution in [3.8, 4) is 0 Å². The van der Waals surface area contributed by atoms with Crippen molar-refractivity contribution in [3.63, 3.8) is 0 Å². The molecule has 0 atom stereocenters. The van der Waals surface area contributed by atoms with Gasteiger partial charge in [-0.15, -0.1) is 0 Å². The number of nitrogens with zero attached hydrogens (tertiary/aromatic N) is 1. The van der Waals surface area contributed by atoms with Crippen LogP contribution in [0.15, 0.2) is 16.6 Å². The third kappa shape index (κ3) is 2.18. The zero-order valence-corrected chi connectivity index (χ0v) is 8.80. The summed E-state index contributed by atoms with van der Waals surface area (Å²) in [5.74, 6) is 0. The van der Waals surface area contributed by atoms with E-state index in [0.717, 1.165) is 0 Å². The summed E-state index contributed by atoms with van der Waals surface area (Å²) in [6.07, 6.45) is 0. The average Bonchev–Trinajstić information content (AvgIpc) is 2.01. The van der Waals surface area contributed by atoms with E-state index in [1.807, 2.05) is 0 Å². The van der Waals surface area contributed by atoms with Gasteiger partial charge in [-0.1, -0.05) is 11.6 Å². The van der Waals surface area contributed by atoms with Crippen LogP contribution in [0.25, 0.3) is 0 Å². The van der Waals surface area contributed by atoms with Gasteiger partial charge in [-0.05, 0) is 28.1 Å². The molecule has 13 heavy (non-hydrogen) atoms. The number of nitro benzene ring substituents is 1. The lowest BCUT2D eigenvalue weighted by atomic mass is 10.2. The van der Waals surface area contributed by atoms with E-state index < -0.39 is 4.92 Å². The van der Waals surface area contributed by atoms with Crippen molar-refractivity contribution in [2.75, 3.05) is 0 Å². The minimum atomic E-state index is -0.484. The van der Waals surface area contributed by atoms with E-state index in [1.54, 1.807) is 0 Å². The number of nitro groups is 1. The fraction of sp³-hybridized carbons (Fsp3) is 0.143. The van der Waals surface area contributed by atoms with E-state index in [0.29, 0.717) is 15.1 Å². The SMILES string of the molecule is NCc1cc(Cl)cc(Br)c1[N+](=O)[O-]. The average molecular weight is 265 g/mol. The maximum Gasteiger partial charge on any atom is 0.288 e. The molecular weight excluding hydrogens is 259 g/mol. The van der Waals surface area contributed by atoms with Gasteiger partial charge in [0, 0.05) is 17.1 Å². The molecule has 0 radical (unpaired) electrons. The molecule has 1 rings (SSSR count). The van der Waals surface area contributed by atoms with Gasteiger partial charge >= 0.3 is 0 Å². The smallest absolute Gasteiger partial charge is 0.288 e. The normalized spacial score (nSPS) is 10.1. The largest absolute Gasteiger partial charge is 0.326 e. The van der Waals surface area contributed by atoms with Gasteiger partial charge in [0.05, 0.1) is 9.40 Å². The van der Waals surface area contributed by atoms with Gasteiger partial charge in [0.15, 0.2) is 0 Å². The maximum atomic E-state index is 10.6. The molecule has 2 N–H and O–H groups in total. The summed E-state index contributed by atoms with van der Waals surface area (Å²) in [5, 5.41) is 11.0. The molecular formula is C7H6BrClN2O2. The molecule has 4 nitrogen and oxygen atoms in total. The molecule has 70 valence electrons. The Kier molecular flexibility index (Phi) is 3.24. The second-order valence-corrected chi connectivity index (χ2v) is 3.65. The standard InChI is InChI=1S/C7H6BrClN2O2/c8-6-2-5(9)1-4(3-10)7(6)11(12)13/h1-2H,3,10H2. The van der Waals surface area contributed by atoms with Gasteiger partial charge in [0.1, 0.15) is 0 Å². The van der Waals surface area contributed by atoms with Crippen LogP contribution in [-0.4, -0.2) is 4.92 Å². The first-order valence-corrected chi connectivity index (χ1v) is 4.55. The highest BCUT2D eigenvalue weighted by atomic mass is 79.9. The highest BCUT2D eigenvalue weighted by Gasteiger charge is 2.17. The summed E-state index contributed by atoms with van der Waals surface area (Å²) in [6, 6.07) is 2.96. The van der Waals surface area contributed by atoms with Crippen LogP contribution in [-0.2, 0) is 6.54 Å². The van der Waals surface area contributed by atoms with Crippen LogP contribution < -0.4 is 5.73 Å². The topological polar surface area (TPSA) is 69.2 Å². The first kappa shape index (κ1) is 10.4. The van der Waals surface area contributed by atoms with Gasteiger partial charge in [-0.3, -0.25) is 10.1 Å². The molecule has 0 aromatic heterocycles. The van der Waals surface area contributed by atoms with Crippen LogP contribution in [0.2, 0.25) is 5.02 Å². The Bertz CT molecular complexity index is 357. The Hall–Kier alpha value is -0.650. The van der Waals surface area contributed by atoms with Crippen molar-refractivity contribution in [1.29, 1.82) is 0 Å². The molecule has 6 heteroatoms. The molecule has 1 aromatic rings. The minimum absolute atomic E-state index is 0.0214. The zero-order valence-electron chi connectivity index (χ0n) is 6.46. The Labute approximate surface area is 88.0 Å². The molecule has 0 aliphatic rings. The van der Waals surface area contributed by atoms with Gasteiger partial charge in [-0.2, -0.15) is 0 Å². The molecule has 1 aromatic carbocycles. The second kappa shape index (κ2) is 4.04. The molecule has 0 bridgehead atoms. The minimum Gasteiger partial charge on any atom is -0.326 e. The first-order valence-electron chi connectivity index (χ1n) is 3.38. The summed E-state index contributed by atoms with van der Waals surface area (Å²) in [5.41, 5.74) is 5.74. The predicted octanol–water partition coefficient (Wildman–Crippen LogP) is 2.47. The van der Waals surface area contributed by atoms with Gasteiger partial charge in [0.2, 0.25) is 0 Å². The van der Waals surface area contributed by atoms with Crippen molar-refractivity contribution in [3.05, 3.63) is 37.3 Å². The van der Waals surface area contributed by atoms with Gasteiger partial charge in [0.25, 0.3) is 5.69 Å². The van der Waals surface area contributed by atoms with E-state index >= 15 is 0 Å². The molecule has 0 saturated carbocycles. The second-order valence-electron chi connectivity index (χ2n) is 2.36. The van der Waals surface area contributed by atoms with Crippen LogP contribution in [0.3, 0.4) is 0 Å². The maximum absolute atomic E-state index is 10.6. The predicted molar refractivity (Wildman–Crippen MR) is 53.7 cm³/mol. The summed E-state index contributed by atoms with van der Waals surface area (Å²) < 4.78 is 0.352. The van der Waals surface area contributed by atoms with Crippen LogP contribution in [0.5, 0.6) is 0 Å². The van der Waals surface area contributed by atoms with Crippen LogP contribution in [0.1, 0.15) is 5.56 Å². The van der Waals surface area contributed by atoms with E-state index in [1.165, 1.54) is 12.1 Å². The van der Waals surface area contributed by atoms with E-state index in [-0.39, 0.29) is 12.2 Å². The number of benzene rings is 1. The zero-order chi connectivity index (χ0) is 10.0. The Morgan fingerprint density at radius 3 is 2.69 bits per heavy atom. The fourth-order valence-corrected chi connectivity index (χ4v) is 2.00. The summed E-state index contributed by atoms with van der Waals surface area (Å²) >= 11 is 8.76. The summed E-state index contributed by atoms with van der Waals surface area (Å²) in [6.45, 7) is 0.0927. The van der Waals surface area contributed by atoms with Crippen molar-refractivity contribution in [1.82, 2.24) is 0 Å². The summed E-state index contributed by atoms with van der Waals surface area (Å²) in [7, 11) is 0. The molecule has 0 aliphatic carbocycles. The third-order valence-corrected chi connectivity index (χ3v) is 2.33. The van der Waals surface area contributed by atoms with Gasteiger partial charge in [-0.25, -0.2) is 0 Å². The lowest BCUT2D eigenvalue weighted by Gasteiger charge is -2.02. The number of halogens is 2. The molecule has 0 heterocycles. The lowest BCUT2D eigenvalue weighted by molar-refractivity contribution is -0.386. The number of rotatable bonds is 2. The Balaban J connectivity index is 3.38. The van der Waals surface area contributed by atoms with E-state index in [9.17, 15) is 10.1 Å². The summed E-state index contributed by atoms with van der Waals surface area (Å²) in [4.78, 5) is 10.1. The molecule has 0 amide bonds. The van der Waals surface area contributed by atoms with Crippen molar-refractivity contribution in [2.24, 2.45) is 5.73 Å². The monoisotopic (exact) mass is 264 g/mol. The molecule has 0 fully saturated rings. The molecule has 0 unspecified atom stereocenters. The number of nitrogens with two attached hydrogens (primary N) is 1. The van der Waals surface area contributed by atoms with Crippen LogP contribution in [0, 0.1) is 10.1 Å². The molecule has 0 aliphatic heterocycles. The van der Waals surface area contributed by atoms with Crippen molar-refractivity contribution >= 4 is 33.2 Å². The van der Waals surface area contributed by atoms with Crippen LogP contribution in [0.4, 0.5) is 5.69 Å². The molecule has 0 spiro atoms. The molecule has 0 saturated heterocycles. The Morgan fingerprint density at radius 2 is 2.23 bits per heavy atom. The Morgan fingerprint density at radius 1 is 1.62 bits per heavy atom. The first-order chi connectivity index (χ1) is 6.06. The quantitative estimate of drug-likeness (QED) is 0.659. The number of hydrogen-bond donors (Lipinski definition) is 1. The third-order valence-electron chi connectivity index (χ3n) is 1.51. The van der Waals surface area contributed by atoms with Crippen molar-refractivity contribution < 1.29 is 4.92 Å². The van der Waals surface area contributed by atoms with E-state index in [4.69, 9.17) is 17.3 Å². The van der Waals surface area contributed by atoms with Crippen molar-refractivity contribution in [2.45, 2.75) is 6.54 Å². The lowest BCUT2D eigenvalue weighted by Crippen LogP contribution is -2.02. The highest BCUT2D eigenvalue weighted by molar-refractivity contribution is 9.10. The fourth-order valence-electron chi connectivity index (χ4n) is 0.979. The number of hydrogen-bond acceptors (Lipinski definition) is 3. The van der Waals surface area contributed by atoms with Crippen LogP contribution >= 0.6 is 27.5 Å². The van der Waals surface area contributed by atoms with E-state index in [2.05, 4.69) is 15.9 Å². The van der Waals surface area contributed by atoms with Gasteiger partial charge < -0.3 is 5.73 Å². The highest BCUT2D eigenvalue weighted by Crippen LogP contribution is 2.31.